The summed E-state index contributed by atoms with van der Waals surface area (Å²) in [5.41, 5.74) is 0. The molecule has 76 valence electrons. The zero-order chi connectivity index (χ0) is 9.84. The minimum absolute atomic E-state index is 0.257. The Labute approximate surface area is 80.5 Å². The second kappa shape index (κ2) is 4.61. The van der Waals surface area contributed by atoms with Crippen molar-refractivity contribution in [3.8, 4) is 0 Å². The second-order valence-electron chi connectivity index (χ2n) is 4.11. The van der Waals surface area contributed by atoms with E-state index in [9.17, 15) is 4.79 Å². The molecular formula is C10H20N2O. The Hall–Kier alpha value is -0.570. The normalized spacial score (nSPS) is 23.2. The quantitative estimate of drug-likeness (QED) is 0.712. The van der Waals surface area contributed by atoms with Crippen LogP contribution in [0.5, 0.6) is 0 Å². The van der Waals surface area contributed by atoms with E-state index in [0.29, 0.717) is 12.5 Å². The molecule has 0 radical (unpaired) electrons. The molecule has 0 aromatic carbocycles. The van der Waals surface area contributed by atoms with Gasteiger partial charge >= 0.3 is 0 Å². The minimum Gasteiger partial charge on any atom is -0.326 e. The average molecular weight is 184 g/mol. The highest BCUT2D eigenvalue weighted by atomic mass is 16.2. The number of nitrogens with one attached hydrogen (secondary N) is 1. The van der Waals surface area contributed by atoms with Crippen molar-refractivity contribution in [3.63, 3.8) is 0 Å². The van der Waals surface area contributed by atoms with Gasteiger partial charge in [-0.25, -0.2) is 0 Å². The van der Waals surface area contributed by atoms with Crippen molar-refractivity contribution >= 4 is 5.91 Å². The van der Waals surface area contributed by atoms with Crippen LogP contribution in [0.15, 0.2) is 0 Å². The smallest absolute Gasteiger partial charge is 0.237 e. The van der Waals surface area contributed by atoms with Crippen molar-refractivity contribution in [2.45, 2.75) is 39.8 Å². The Kier molecular flexibility index (Phi) is 3.72. The first-order valence-corrected chi connectivity index (χ1v) is 5.18. The third kappa shape index (κ3) is 2.69. The summed E-state index contributed by atoms with van der Waals surface area (Å²) in [6, 6.07) is 0. The van der Waals surface area contributed by atoms with Gasteiger partial charge in [0, 0.05) is 6.54 Å². The van der Waals surface area contributed by atoms with Crippen molar-refractivity contribution < 1.29 is 4.79 Å². The van der Waals surface area contributed by atoms with E-state index in [0.717, 1.165) is 19.4 Å². The lowest BCUT2D eigenvalue weighted by Crippen LogP contribution is -2.38. The predicted octanol–water partition coefficient (Wildman–Crippen LogP) is 1.20. The molecule has 1 heterocycles. The Morgan fingerprint density at radius 3 is 2.85 bits per heavy atom. The summed E-state index contributed by atoms with van der Waals surface area (Å²) in [7, 11) is 0. The van der Waals surface area contributed by atoms with E-state index in [1.54, 1.807) is 0 Å². The molecule has 0 aromatic rings. The summed E-state index contributed by atoms with van der Waals surface area (Å²) in [4.78, 5) is 13.4. The Balaban J connectivity index is 2.48. The summed E-state index contributed by atoms with van der Waals surface area (Å²) in [5, 5.41) is 3.25. The van der Waals surface area contributed by atoms with Crippen LogP contribution in [-0.4, -0.2) is 30.1 Å². The molecule has 1 saturated heterocycles. The Morgan fingerprint density at radius 2 is 2.31 bits per heavy atom. The molecule has 1 aliphatic rings. The summed E-state index contributed by atoms with van der Waals surface area (Å²) in [6.07, 6.45) is 2.39. The fourth-order valence-electron chi connectivity index (χ4n) is 1.77. The molecule has 3 heteroatoms. The lowest BCUT2D eigenvalue weighted by atomic mass is 10.1. The lowest BCUT2D eigenvalue weighted by molar-refractivity contribution is -0.128. The molecule has 1 rings (SSSR count). The van der Waals surface area contributed by atoms with Crippen LogP contribution in [0.2, 0.25) is 0 Å². The average Bonchev–Trinajstić information content (AvgIpc) is 2.35. The van der Waals surface area contributed by atoms with Gasteiger partial charge in [-0.3, -0.25) is 10.1 Å². The van der Waals surface area contributed by atoms with Gasteiger partial charge in [0.05, 0.1) is 12.7 Å². The summed E-state index contributed by atoms with van der Waals surface area (Å²) >= 11 is 0. The lowest BCUT2D eigenvalue weighted by Gasteiger charge is -2.25. The van der Waals surface area contributed by atoms with Crippen molar-refractivity contribution in [1.29, 1.82) is 0 Å². The monoisotopic (exact) mass is 184 g/mol. The first kappa shape index (κ1) is 10.5. The van der Waals surface area contributed by atoms with Crippen LogP contribution in [0.25, 0.3) is 0 Å². The minimum atomic E-state index is 0.257. The van der Waals surface area contributed by atoms with E-state index in [-0.39, 0.29) is 12.1 Å². The van der Waals surface area contributed by atoms with Crippen LogP contribution >= 0.6 is 0 Å². The highest BCUT2D eigenvalue weighted by molar-refractivity contribution is 5.80. The van der Waals surface area contributed by atoms with Crippen molar-refractivity contribution in [2.75, 3.05) is 13.1 Å². The van der Waals surface area contributed by atoms with Crippen LogP contribution in [0.3, 0.4) is 0 Å². The van der Waals surface area contributed by atoms with Gasteiger partial charge in [0.15, 0.2) is 0 Å². The van der Waals surface area contributed by atoms with E-state index >= 15 is 0 Å². The van der Waals surface area contributed by atoms with E-state index in [1.165, 1.54) is 0 Å². The zero-order valence-electron chi connectivity index (χ0n) is 8.84. The van der Waals surface area contributed by atoms with Crippen LogP contribution in [0, 0.1) is 5.92 Å². The highest BCUT2D eigenvalue weighted by Crippen LogP contribution is 2.14. The van der Waals surface area contributed by atoms with E-state index in [4.69, 9.17) is 0 Å². The third-order valence-electron chi connectivity index (χ3n) is 2.34. The van der Waals surface area contributed by atoms with Gasteiger partial charge < -0.3 is 4.90 Å². The number of carbonyl (C=O) groups is 1. The van der Waals surface area contributed by atoms with Gasteiger partial charge in [-0.1, -0.05) is 20.8 Å². The number of hydrogen-bond acceptors (Lipinski definition) is 2. The van der Waals surface area contributed by atoms with Crippen molar-refractivity contribution in [2.24, 2.45) is 5.92 Å². The molecule has 1 unspecified atom stereocenters. The van der Waals surface area contributed by atoms with Crippen molar-refractivity contribution in [1.82, 2.24) is 10.2 Å². The number of carbonyl (C=O) groups excluding carboxylic acids is 1. The molecule has 3 nitrogen and oxygen atoms in total. The summed E-state index contributed by atoms with van der Waals surface area (Å²) in [5.74, 6) is 0.898. The largest absolute Gasteiger partial charge is 0.326 e. The maximum atomic E-state index is 11.4. The fraction of sp³-hybridized carbons (Fsp3) is 0.900. The molecule has 0 bridgehead atoms. The molecule has 1 fully saturated rings. The number of rotatable bonds is 4. The number of nitrogens with zero attached hydrogens (tertiary/aromatic N) is 1. The van der Waals surface area contributed by atoms with Gasteiger partial charge in [-0.05, 0) is 18.8 Å². The molecule has 1 amide bonds. The van der Waals surface area contributed by atoms with Gasteiger partial charge in [0.1, 0.15) is 0 Å². The maximum Gasteiger partial charge on any atom is 0.237 e. The van der Waals surface area contributed by atoms with E-state index in [1.807, 2.05) is 4.90 Å². The van der Waals surface area contributed by atoms with Crippen LogP contribution < -0.4 is 5.32 Å². The predicted molar refractivity (Wildman–Crippen MR) is 53.2 cm³/mol. The maximum absolute atomic E-state index is 11.4. The van der Waals surface area contributed by atoms with Crippen LogP contribution in [0.4, 0.5) is 0 Å². The molecular weight excluding hydrogens is 164 g/mol. The first-order valence-electron chi connectivity index (χ1n) is 5.18. The van der Waals surface area contributed by atoms with Gasteiger partial charge in [-0.15, -0.1) is 0 Å². The number of amides is 1. The molecule has 1 aliphatic heterocycles. The fourth-order valence-corrected chi connectivity index (χ4v) is 1.77. The summed E-state index contributed by atoms with van der Waals surface area (Å²) in [6.45, 7) is 7.90. The van der Waals surface area contributed by atoms with Gasteiger partial charge in [0.2, 0.25) is 5.91 Å². The Bertz CT molecular complexity index is 180. The van der Waals surface area contributed by atoms with E-state index in [2.05, 4.69) is 26.1 Å². The molecule has 0 aliphatic carbocycles. The molecule has 1 atom stereocenters. The Morgan fingerprint density at radius 1 is 1.62 bits per heavy atom. The second-order valence-corrected chi connectivity index (χ2v) is 4.11. The zero-order valence-corrected chi connectivity index (χ0v) is 8.84. The SMILES string of the molecule is CCCN1C(=O)CNC1CC(C)C. The topological polar surface area (TPSA) is 32.3 Å². The number of hydrogen-bond donors (Lipinski definition) is 1. The molecule has 0 saturated carbocycles. The first-order chi connectivity index (χ1) is 6.15. The highest BCUT2D eigenvalue weighted by Gasteiger charge is 2.29. The molecule has 0 aromatic heterocycles. The standard InChI is InChI=1S/C10H20N2O/c1-4-5-12-9(6-8(2)3)11-7-10(12)13/h8-9,11H,4-7H2,1-3H3. The van der Waals surface area contributed by atoms with Crippen LogP contribution in [-0.2, 0) is 4.79 Å². The summed E-state index contributed by atoms with van der Waals surface area (Å²) < 4.78 is 0. The molecule has 0 spiro atoms. The van der Waals surface area contributed by atoms with Gasteiger partial charge in [-0.2, -0.15) is 0 Å². The van der Waals surface area contributed by atoms with Crippen LogP contribution in [0.1, 0.15) is 33.6 Å². The molecule has 1 N–H and O–H groups in total. The van der Waals surface area contributed by atoms with E-state index < -0.39 is 0 Å². The van der Waals surface area contributed by atoms with Gasteiger partial charge in [0.25, 0.3) is 0 Å². The third-order valence-corrected chi connectivity index (χ3v) is 2.34. The van der Waals surface area contributed by atoms with Crippen molar-refractivity contribution in [3.05, 3.63) is 0 Å². The molecule has 13 heavy (non-hydrogen) atoms.